The molecule has 0 bridgehead atoms. The van der Waals surface area contributed by atoms with Gasteiger partial charge < -0.3 is 15.3 Å². The zero-order valence-corrected chi connectivity index (χ0v) is 12.7. The molecule has 114 valence electrons. The highest BCUT2D eigenvalue weighted by molar-refractivity contribution is 6.08. The van der Waals surface area contributed by atoms with Crippen LogP contribution in [0.5, 0.6) is 0 Å². The highest BCUT2D eigenvalue weighted by atomic mass is 16.3. The maximum absolute atomic E-state index is 12.2. The van der Waals surface area contributed by atoms with Crippen molar-refractivity contribution in [1.29, 1.82) is 0 Å². The van der Waals surface area contributed by atoms with Crippen molar-refractivity contribution in [3.63, 3.8) is 0 Å². The van der Waals surface area contributed by atoms with Crippen molar-refractivity contribution >= 4 is 17.8 Å². The molecule has 0 aliphatic carbocycles. The molecule has 1 heterocycles. The Morgan fingerprint density at radius 3 is 2.30 bits per heavy atom. The molecule has 1 fully saturated rings. The minimum Gasteiger partial charge on any atom is -0.389 e. The van der Waals surface area contributed by atoms with Crippen molar-refractivity contribution in [3.05, 3.63) is 0 Å². The van der Waals surface area contributed by atoms with E-state index in [-0.39, 0.29) is 19.0 Å². The van der Waals surface area contributed by atoms with E-state index in [2.05, 4.69) is 5.32 Å². The zero-order valence-electron chi connectivity index (χ0n) is 12.7. The molecule has 1 rings (SSSR count). The van der Waals surface area contributed by atoms with Crippen LogP contribution in [0.4, 0.5) is 4.79 Å². The number of carbonyl (C=O) groups is 3. The van der Waals surface area contributed by atoms with Gasteiger partial charge in [-0.2, -0.15) is 0 Å². The van der Waals surface area contributed by atoms with Gasteiger partial charge in [-0.3, -0.25) is 14.5 Å². The normalized spacial score (nSPS) is 18.2. The molecule has 2 N–H and O–H groups in total. The molecule has 7 nitrogen and oxygen atoms in total. The second-order valence-electron chi connectivity index (χ2n) is 6.17. The molecular formula is C13H23N3O4. The molecule has 0 aromatic carbocycles. The van der Waals surface area contributed by atoms with Gasteiger partial charge in [0.2, 0.25) is 5.91 Å². The number of likely N-dealkylation sites (N-methyl/N-ethyl adjacent to an activating group) is 1. The van der Waals surface area contributed by atoms with Crippen molar-refractivity contribution in [3.8, 4) is 0 Å². The minimum atomic E-state index is -1.03. The van der Waals surface area contributed by atoms with E-state index in [1.807, 2.05) is 0 Å². The Kier molecular flexibility index (Phi) is 4.43. The van der Waals surface area contributed by atoms with Crippen molar-refractivity contribution in [1.82, 2.24) is 15.1 Å². The van der Waals surface area contributed by atoms with Crippen molar-refractivity contribution in [2.45, 2.75) is 45.8 Å². The summed E-state index contributed by atoms with van der Waals surface area (Å²) in [6.07, 6.45) is 0. The first-order valence-electron chi connectivity index (χ1n) is 6.62. The van der Waals surface area contributed by atoms with Crippen LogP contribution < -0.4 is 5.32 Å². The van der Waals surface area contributed by atoms with Crippen molar-refractivity contribution < 1.29 is 19.5 Å². The van der Waals surface area contributed by atoms with E-state index in [1.165, 1.54) is 4.90 Å². The third-order valence-corrected chi connectivity index (χ3v) is 3.05. The lowest BCUT2D eigenvalue weighted by Crippen LogP contribution is -2.48. The van der Waals surface area contributed by atoms with Gasteiger partial charge in [-0.25, -0.2) is 4.79 Å². The van der Waals surface area contributed by atoms with Crippen LogP contribution in [0.3, 0.4) is 0 Å². The molecule has 0 spiro atoms. The second-order valence-corrected chi connectivity index (χ2v) is 6.17. The Bertz CT molecular complexity index is 426. The number of hydrogen-bond donors (Lipinski definition) is 2. The zero-order chi connectivity index (χ0) is 15.7. The average molecular weight is 285 g/mol. The van der Waals surface area contributed by atoms with Gasteiger partial charge in [0.25, 0.3) is 5.91 Å². The maximum Gasteiger partial charge on any atom is 0.325 e. The number of nitrogens with zero attached hydrogens (tertiary/aromatic N) is 2. The van der Waals surface area contributed by atoms with Gasteiger partial charge in [-0.15, -0.1) is 0 Å². The average Bonchev–Trinajstić information content (AvgIpc) is 2.47. The summed E-state index contributed by atoms with van der Waals surface area (Å²) in [5.41, 5.74) is -2.01. The molecule has 1 saturated heterocycles. The van der Waals surface area contributed by atoms with Crippen LogP contribution in [0.15, 0.2) is 0 Å². The molecule has 0 unspecified atom stereocenters. The summed E-state index contributed by atoms with van der Waals surface area (Å²) < 4.78 is 0. The van der Waals surface area contributed by atoms with Gasteiger partial charge in [-0.05, 0) is 34.6 Å². The maximum atomic E-state index is 12.2. The third-order valence-electron chi connectivity index (χ3n) is 3.05. The van der Waals surface area contributed by atoms with E-state index in [0.717, 1.165) is 4.90 Å². The van der Waals surface area contributed by atoms with Gasteiger partial charge in [0.15, 0.2) is 0 Å². The van der Waals surface area contributed by atoms with Gasteiger partial charge in [0, 0.05) is 13.1 Å². The number of carbonyl (C=O) groups excluding carboxylic acids is 3. The highest BCUT2D eigenvalue weighted by Gasteiger charge is 2.45. The van der Waals surface area contributed by atoms with E-state index in [9.17, 15) is 19.5 Å². The smallest absolute Gasteiger partial charge is 0.325 e. The standard InChI is InChI=1S/C13H23N3O4/c1-6-15(8-12(2,3)20)9(17)7-16-10(18)13(4,5)14-11(16)19/h20H,6-8H2,1-5H3,(H,14,19). The van der Waals surface area contributed by atoms with E-state index in [4.69, 9.17) is 0 Å². The SMILES string of the molecule is CCN(CC(C)(C)O)C(=O)CN1C(=O)NC(C)(C)C1=O. The lowest BCUT2D eigenvalue weighted by Gasteiger charge is -2.29. The second kappa shape index (κ2) is 5.40. The molecular weight excluding hydrogens is 262 g/mol. The Morgan fingerprint density at radius 1 is 1.40 bits per heavy atom. The summed E-state index contributed by atoms with van der Waals surface area (Å²) in [5, 5.41) is 12.3. The molecule has 0 aromatic rings. The van der Waals surface area contributed by atoms with Crippen molar-refractivity contribution in [2.75, 3.05) is 19.6 Å². The molecule has 0 radical (unpaired) electrons. The van der Waals surface area contributed by atoms with Gasteiger partial charge in [0.1, 0.15) is 12.1 Å². The molecule has 1 aliphatic rings. The first kappa shape index (κ1) is 16.4. The summed E-state index contributed by atoms with van der Waals surface area (Å²) in [6.45, 7) is 8.39. The Morgan fingerprint density at radius 2 is 1.95 bits per heavy atom. The molecule has 0 atom stereocenters. The Labute approximate surface area is 118 Å². The van der Waals surface area contributed by atoms with Crippen LogP contribution in [0.1, 0.15) is 34.6 Å². The first-order valence-corrected chi connectivity index (χ1v) is 6.62. The number of imide groups is 1. The number of aliphatic hydroxyl groups is 1. The van der Waals surface area contributed by atoms with Crippen LogP contribution in [-0.4, -0.2) is 63.5 Å². The topological polar surface area (TPSA) is 89.9 Å². The van der Waals surface area contributed by atoms with Crippen molar-refractivity contribution in [2.24, 2.45) is 0 Å². The van der Waals surface area contributed by atoms with E-state index in [0.29, 0.717) is 6.54 Å². The summed E-state index contributed by atoms with van der Waals surface area (Å²) in [4.78, 5) is 38.2. The first-order chi connectivity index (χ1) is 8.98. The minimum absolute atomic E-state index is 0.148. The Hall–Kier alpha value is -1.63. The van der Waals surface area contributed by atoms with Gasteiger partial charge in [-0.1, -0.05) is 0 Å². The summed E-state index contributed by atoms with van der Waals surface area (Å²) in [7, 11) is 0. The van der Waals surface area contributed by atoms with Gasteiger partial charge in [0.05, 0.1) is 5.60 Å². The van der Waals surface area contributed by atoms with E-state index >= 15 is 0 Å². The van der Waals surface area contributed by atoms with E-state index in [1.54, 1.807) is 34.6 Å². The van der Waals surface area contributed by atoms with Crippen LogP contribution in [0.2, 0.25) is 0 Å². The predicted octanol–water partition coefficient (Wildman–Crippen LogP) is -0.0638. The van der Waals surface area contributed by atoms with Crippen LogP contribution in [0, 0.1) is 0 Å². The van der Waals surface area contributed by atoms with Gasteiger partial charge >= 0.3 is 6.03 Å². The number of rotatable bonds is 5. The summed E-state index contributed by atoms with van der Waals surface area (Å²) in [5.74, 6) is -0.786. The number of hydrogen-bond acceptors (Lipinski definition) is 4. The predicted molar refractivity (Wildman–Crippen MR) is 72.9 cm³/mol. The Balaban J connectivity index is 2.75. The number of amides is 4. The largest absolute Gasteiger partial charge is 0.389 e. The molecule has 20 heavy (non-hydrogen) atoms. The molecule has 0 saturated carbocycles. The van der Waals surface area contributed by atoms with Crippen LogP contribution in [-0.2, 0) is 9.59 Å². The molecule has 7 heteroatoms. The van der Waals surface area contributed by atoms with E-state index < -0.39 is 23.1 Å². The monoisotopic (exact) mass is 285 g/mol. The van der Waals surface area contributed by atoms with Crippen LogP contribution in [0.25, 0.3) is 0 Å². The van der Waals surface area contributed by atoms with Crippen LogP contribution >= 0.6 is 0 Å². The lowest BCUT2D eigenvalue weighted by molar-refractivity contribution is -0.140. The lowest BCUT2D eigenvalue weighted by atomic mass is 10.1. The summed E-state index contributed by atoms with van der Waals surface area (Å²) >= 11 is 0. The quantitative estimate of drug-likeness (QED) is 0.692. The molecule has 4 amide bonds. The fourth-order valence-electron chi connectivity index (χ4n) is 2.04. The fraction of sp³-hybridized carbons (Fsp3) is 0.769. The fourth-order valence-corrected chi connectivity index (χ4v) is 2.04. The number of urea groups is 1. The summed E-state index contributed by atoms with van der Waals surface area (Å²) in [6, 6.07) is -0.562. The highest BCUT2D eigenvalue weighted by Crippen LogP contribution is 2.16. The molecule has 0 aromatic heterocycles. The third kappa shape index (κ3) is 3.69. The molecule has 1 aliphatic heterocycles. The number of nitrogens with one attached hydrogen (secondary N) is 1.